The molecule has 8 nitrogen and oxygen atoms in total. The minimum atomic E-state index is -0.780. The van der Waals surface area contributed by atoms with Crippen LogP contribution in [-0.4, -0.2) is 67.3 Å². The van der Waals surface area contributed by atoms with Crippen molar-refractivity contribution in [2.24, 2.45) is 16.7 Å². The van der Waals surface area contributed by atoms with Crippen molar-refractivity contribution >= 4 is 6.03 Å². The predicted molar refractivity (Wildman–Crippen MR) is 125 cm³/mol. The summed E-state index contributed by atoms with van der Waals surface area (Å²) in [7, 11) is 0. The number of pyridine rings is 1. The number of rotatable bonds is 4. The number of hydrogen-bond acceptors (Lipinski definition) is 5. The molecule has 36 heavy (non-hydrogen) atoms. The van der Waals surface area contributed by atoms with Gasteiger partial charge in [0, 0.05) is 49.0 Å². The van der Waals surface area contributed by atoms with Crippen molar-refractivity contribution in [3.63, 3.8) is 0 Å². The fourth-order valence-corrected chi connectivity index (χ4v) is 7.13. The lowest BCUT2D eigenvalue weighted by molar-refractivity contribution is -0.0777. The Hall–Kier alpha value is -2.62. The maximum absolute atomic E-state index is 14.0. The fraction of sp³-hybridized carbons (Fsp3) is 0.692. The normalized spacial score (nSPS) is 26.0. The van der Waals surface area contributed by atoms with Crippen LogP contribution in [0.1, 0.15) is 74.6 Å². The summed E-state index contributed by atoms with van der Waals surface area (Å²) < 4.78 is 27.1. The minimum Gasteiger partial charge on any atom is -0.382 e. The third kappa shape index (κ3) is 3.71. The topological polar surface area (TPSA) is 98.2 Å². The van der Waals surface area contributed by atoms with Crippen molar-refractivity contribution in [2.75, 3.05) is 26.2 Å². The smallest absolute Gasteiger partial charge is 0.320 e. The lowest BCUT2D eigenvalue weighted by Gasteiger charge is -2.61. The number of nitrogens with one attached hydrogen (secondary N) is 1. The summed E-state index contributed by atoms with van der Waals surface area (Å²) in [5, 5.41) is 18.6. The largest absolute Gasteiger partial charge is 0.382 e. The van der Waals surface area contributed by atoms with E-state index in [1.807, 2.05) is 9.80 Å². The average molecular weight is 499 g/mol. The molecular formula is C26H32F2N6O2. The molecule has 2 amide bonds. The van der Waals surface area contributed by atoms with Gasteiger partial charge in [-0.1, -0.05) is 0 Å². The number of carbonyl (C=O) groups is 1. The highest BCUT2D eigenvalue weighted by Gasteiger charge is 2.57. The van der Waals surface area contributed by atoms with E-state index >= 15 is 0 Å². The Labute approximate surface area is 208 Å². The molecule has 0 bridgehead atoms. The number of urea groups is 1. The number of aliphatic hydroxyl groups is 1. The molecule has 5 aliphatic rings. The summed E-state index contributed by atoms with van der Waals surface area (Å²) in [4.78, 5) is 24.2. The molecule has 2 saturated heterocycles. The van der Waals surface area contributed by atoms with Crippen LogP contribution in [0.2, 0.25) is 0 Å². The van der Waals surface area contributed by atoms with Crippen LogP contribution in [0.3, 0.4) is 0 Å². The standard InChI is InChI=1S/C26H32F2N6O2/c27-18-8-19(28)20(29-11-18)7-16-1-3-24(4-2-16)12-33(13-24)23(35)34-14-25(15-34)9-17(10-25)21-30-22(32-31-21)26(36)5-6-26/h8,11,16-17,36H,1-7,9-10,12-15H2,(H,30,31,32). The van der Waals surface area contributed by atoms with Gasteiger partial charge in [-0.25, -0.2) is 13.6 Å². The molecule has 4 heterocycles. The van der Waals surface area contributed by atoms with Gasteiger partial charge in [-0.2, -0.15) is 0 Å². The summed E-state index contributed by atoms with van der Waals surface area (Å²) >= 11 is 0. The molecule has 5 fully saturated rings. The summed E-state index contributed by atoms with van der Waals surface area (Å²) in [5.74, 6) is 0.987. The number of amides is 2. The van der Waals surface area contributed by atoms with Crippen molar-refractivity contribution in [1.82, 2.24) is 30.0 Å². The molecule has 2 N–H and O–H groups in total. The zero-order chi connectivity index (χ0) is 24.7. The van der Waals surface area contributed by atoms with E-state index in [0.717, 1.165) is 95.6 Å². The van der Waals surface area contributed by atoms with Gasteiger partial charge in [-0.15, -0.1) is 10.2 Å². The molecule has 10 heteroatoms. The summed E-state index contributed by atoms with van der Waals surface area (Å²) in [6.07, 6.45) is 9.25. The maximum atomic E-state index is 14.0. The Bertz CT molecular complexity index is 1180. The van der Waals surface area contributed by atoms with Gasteiger partial charge >= 0.3 is 6.03 Å². The molecule has 0 atom stereocenters. The van der Waals surface area contributed by atoms with Gasteiger partial charge in [0.25, 0.3) is 0 Å². The van der Waals surface area contributed by atoms with E-state index in [1.54, 1.807) is 0 Å². The molecule has 2 aliphatic heterocycles. The minimum absolute atomic E-state index is 0.160. The number of nitrogens with zero attached hydrogens (tertiary/aromatic N) is 5. The first-order chi connectivity index (χ1) is 17.2. The average Bonchev–Trinajstić information content (AvgIpc) is 3.33. The van der Waals surface area contributed by atoms with E-state index in [4.69, 9.17) is 0 Å². The summed E-state index contributed by atoms with van der Waals surface area (Å²) in [5.41, 5.74) is 0.00351. The van der Waals surface area contributed by atoms with Gasteiger partial charge in [-0.3, -0.25) is 4.98 Å². The van der Waals surface area contributed by atoms with E-state index in [1.165, 1.54) is 0 Å². The number of carbonyl (C=O) groups excluding carboxylic acids is 1. The van der Waals surface area contributed by atoms with Gasteiger partial charge in [0.05, 0.1) is 11.9 Å². The Morgan fingerprint density at radius 3 is 2.33 bits per heavy atom. The van der Waals surface area contributed by atoms with Crippen LogP contribution in [0.15, 0.2) is 12.3 Å². The molecule has 3 aliphatic carbocycles. The zero-order valence-corrected chi connectivity index (χ0v) is 20.3. The van der Waals surface area contributed by atoms with Crippen molar-refractivity contribution in [2.45, 2.75) is 69.3 Å². The fourth-order valence-electron chi connectivity index (χ4n) is 7.13. The molecule has 0 unspecified atom stereocenters. The van der Waals surface area contributed by atoms with Gasteiger partial charge in [0.1, 0.15) is 23.1 Å². The Morgan fingerprint density at radius 1 is 1.03 bits per heavy atom. The van der Waals surface area contributed by atoms with E-state index in [2.05, 4.69) is 20.2 Å². The highest BCUT2D eigenvalue weighted by molar-refractivity contribution is 5.76. The third-order valence-electron chi connectivity index (χ3n) is 9.59. The second-order valence-electron chi connectivity index (χ2n) is 12.4. The lowest BCUT2D eigenvalue weighted by atomic mass is 9.57. The highest BCUT2D eigenvalue weighted by Crippen LogP contribution is 2.56. The van der Waals surface area contributed by atoms with Crippen molar-refractivity contribution in [1.29, 1.82) is 0 Å². The van der Waals surface area contributed by atoms with Crippen LogP contribution < -0.4 is 0 Å². The lowest BCUT2D eigenvalue weighted by Crippen LogP contribution is -2.69. The van der Waals surface area contributed by atoms with Crippen LogP contribution in [-0.2, 0) is 12.0 Å². The number of aromatic nitrogens is 4. The van der Waals surface area contributed by atoms with Crippen molar-refractivity contribution in [3.05, 3.63) is 41.2 Å². The monoisotopic (exact) mass is 498 g/mol. The molecule has 2 spiro atoms. The van der Waals surface area contributed by atoms with Crippen LogP contribution in [0.25, 0.3) is 0 Å². The van der Waals surface area contributed by atoms with Crippen LogP contribution in [0.5, 0.6) is 0 Å². The van der Waals surface area contributed by atoms with Crippen LogP contribution in [0.4, 0.5) is 13.6 Å². The Balaban J connectivity index is 0.854. The van der Waals surface area contributed by atoms with Crippen molar-refractivity contribution < 1.29 is 18.7 Å². The van der Waals surface area contributed by atoms with E-state index in [9.17, 15) is 18.7 Å². The van der Waals surface area contributed by atoms with E-state index in [0.29, 0.717) is 29.8 Å². The quantitative estimate of drug-likeness (QED) is 0.673. The molecular weight excluding hydrogens is 466 g/mol. The summed E-state index contributed by atoms with van der Waals surface area (Å²) in [6.45, 7) is 3.26. The molecule has 7 rings (SSSR count). The summed E-state index contributed by atoms with van der Waals surface area (Å²) in [6, 6.07) is 1.07. The second-order valence-corrected chi connectivity index (χ2v) is 12.4. The molecule has 2 aromatic heterocycles. The van der Waals surface area contributed by atoms with Gasteiger partial charge in [0.15, 0.2) is 5.82 Å². The number of H-pyrrole nitrogens is 1. The highest BCUT2D eigenvalue weighted by atomic mass is 19.1. The first-order valence-electron chi connectivity index (χ1n) is 13.2. The first-order valence-corrected chi connectivity index (χ1v) is 13.2. The van der Waals surface area contributed by atoms with Gasteiger partial charge in [0.2, 0.25) is 0 Å². The van der Waals surface area contributed by atoms with Crippen LogP contribution in [0, 0.1) is 28.4 Å². The first kappa shape index (κ1) is 22.6. The Kier molecular flexibility index (Phi) is 4.82. The molecule has 0 aromatic carbocycles. The number of aromatic amines is 1. The SMILES string of the molecule is O=C(N1CC2(CCC(Cc3ncc(F)cc3F)CC2)C1)N1CC2(CC(c3nnc(C4(O)CC4)[nH]3)C2)C1. The number of likely N-dealkylation sites (tertiary alicyclic amines) is 2. The van der Waals surface area contributed by atoms with Crippen LogP contribution >= 0.6 is 0 Å². The Morgan fingerprint density at radius 2 is 1.69 bits per heavy atom. The number of hydrogen-bond donors (Lipinski definition) is 2. The predicted octanol–water partition coefficient (Wildman–Crippen LogP) is 3.49. The molecule has 0 radical (unpaired) electrons. The van der Waals surface area contributed by atoms with E-state index in [-0.39, 0.29) is 16.9 Å². The second kappa shape index (κ2) is 7.69. The maximum Gasteiger partial charge on any atom is 0.320 e. The third-order valence-corrected chi connectivity index (χ3v) is 9.59. The van der Waals surface area contributed by atoms with Gasteiger partial charge < -0.3 is 19.9 Å². The molecule has 192 valence electrons. The number of halogens is 2. The van der Waals surface area contributed by atoms with Crippen molar-refractivity contribution in [3.8, 4) is 0 Å². The van der Waals surface area contributed by atoms with Gasteiger partial charge in [-0.05, 0) is 63.7 Å². The molecule has 2 aromatic rings. The van der Waals surface area contributed by atoms with E-state index < -0.39 is 17.2 Å². The molecule has 3 saturated carbocycles. The zero-order valence-electron chi connectivity index (χ0n) is 20.3.